The van der Waals surface area contributed by atoms with E-state index in [0.717, 1.165) is 53.8 Å². The average molecular weight is 531 g/mol. The SMILES string of the molecule is C=C(C)C(=O)OCCCCCCCCCCCOc1ccc(/C=C/c2ccc3cc([N+](=O)[O-])ccc3n2)cc1. The summed E-state index contributed by atoms with van der Waals surface area (Å²) in [6.45, 7) is 6.45. The first-order valence-electron chi connectivity index (χ1n) is 13.7. The second kappa shape index (κ2) is 16.1. The van der Waals surface area contributed by atoms with Crippen molar-refractivity contribution in [3.05, 3.63) is 88.1 Å². The van der Waals surface area contributed by atoms with E-state index in [1.807, 2.05) is 48.6 Å². The van der Waals surface area contributed by atoms with Crippen LogP contribution in [-0.4, -0.2) is 29.1 Å². The van der Waals surface area contributed by atoms with Crippen LogP contribution in [0.3, 0.4) is 0 Å². The number of nitro groups is 1. The van der Waals surface area contributed by atoms with Crippen LogP contribution in [0.25, 0.3) is 23.1 Å². The summed E-state index contributed by atoms with van der Waals surface area (Å²) in [6.07, 6.45) is 14.3. The van der Waals surface area contributed by atoms with Crippen LogP contribution in [0, 0.1) is 10.1 Å². The Labute approximate surface area is 230 Å². The summed E-state index contributed by atoms with van der Waals surface area (Å²) in [6, 6.07) is 16.4. The molecule has 0 atom stereocenters. The molecule has 206 valence electrons. The van der Waals surface area contributed by atoms with Crippen molar-refractivity contribution in [3.8, 4) is 5.75 Å². The smallest absolute Gasteiger partial charge is 0.333 e. The van der Waals surface area contributed by atoms with E-state index >= 15 is 0 Å². The van der Waals surface area contributed by atoms with Gasteiger partial charge in [-0.1, -0.05) is 75.8 Å². The Morgan fingerprint density at radius 2 is 1.51 bits per heavy atom. The second-order valence-corrected chi connectivity index (χ2v) is 9.72. The van der Waals surface area contributed by atoms with Crippen molar-refractivity contribution < 1.29 is 19.2 Å². The van der Waals surface area contributed by atoms with E-state index in [1.165, 1.54) is 50.7 Å². The fourth-order valence-electron chi connectivity index (χ4n) is 4.11. The lowest BCUT2D eigenvalue weighted by atomic mass is 10.1. The Kier molecular flexibility index (Phi) is 12.2. The van der Waals surface area contributed by atoms with E-state index in [9.17, 15) is 14.9 Å². The molecule has 1 aromatic heterocycles. The van der Waals surface area contributed by atoms with Crippen LogP contribution < -0.4 is 4.74 Å². The van der Waals surface area contributed by atoms with Crippen LogP contribution in [0.1, 0.15) is 76.0 Å². The van der Waals surface area contributed by atoms with Crippen molar-refractivity contribution in [3.63, 3.8) is 0 Å². The Morgan fingerprint density at radius 3 is 2.15 bits per heavy atom. The molecule has 7 nitrogen and oxygen atoms in total. The Bertz CT molecular complexity index is 1270. The van der Waals surface area contributed by atoms with Crippen molar-refractivity contribution in [2.75, 3.05) is 13.2 Å². The minimum atomic E-state index is -0.400. The number of ether oxygens (including phenoxy) is 2. The third-order valence-electron chi connectivity index (χ3n) is 6.37. The van der Waals surface area contributed by atoms with E-state index in [2.05, 4.69) is 11.6 Å². The first kappa shape index (κ1) is 29.6. The van der Waals surface area contributed by atoms with Crippen molar-refractivity contribution in [2.24, 2.45) is 0 Å². The average Bonchev–Trinajstić information content (AvgIpc) is 2.94. The fourth-order valence-corrected chi connectivity index (χ4v) is 4.11. The summed E-state index contributed by atoms with van der Waals surface area (Å²) in [5.41, 5.74) is 3.08. The van der Waals surface area contributed by atoms with Gasteiger partial charge in [-0.3, -0.25) is 10.1 Å². The molecular weight excluding hydrogens is 492 g/mol. The lowest BCUT2D eigenvalue weighted by molar-refractivity contribution is -0.384. The van der Waals surface area contributed by atoms with Crippen molar-refractivity contribution in [1.82, 2.24) is 4.98 Å². The third-order valence-corrected chi connectivity index (χ3v) is 6.37. The monoisotopic (exact) mass is 530 g/mol. The van der Waals surface area contributed by atoms with E-state index < -0.39 is 4.92 Å². The van der Waals surface area contributed by atoms with E-state index in [0.29, 0.717) is 12.2 Å². The topological polar surface area (TPSA) is 91.6 Å². The number of esters is 1. The number of carbonyl (C=O) groups is 1. The molecule has 7 heteroatoms. The van der Waals surface area contributed by atoms with Gasteiger partial charge in [0.1, 0.15) is 5.75 Å². The predicted molar refractivity (Wildman–Crippen MR) is 157 cm³/mol. The molecule has 39 heavy (non-hydrogen) atoms. The number of hydrogen-bond acceptors (Lipinski definition) is 6. The molecular formula is C32H38N2O5. The number of carbonyl (C=O) groups excluding carboxylic acids is 1. The van der Waals surface area contributed by atoms with Crippen LogP contribution in [0.5, 0.6) is 5.75 Å². The molecule has 0 aliphatic carbocycles. The summed E-state index contributed by atoms with van der Waals surface area (Å²) in [5.74, 6) is 0.575. The normalized spacial score (nSPS) is 11.1. The quantitative estimate of drug-likeness (QED) is 0.0573. The molecule has 0 aliphatic heterocycles. The predicted octanol–water partition coefficient (Wildman–Crippen LogP) is 8.32. The second-order valence-electron chi connectivity index (χ2n) is 9.72. The number of non-ortho nitro benzene ring substituents is 1. The highest BCUT2D eigenvalue weighted by atomic mass is 16.6. The first-order chi connectivity index (χ1) is 18.9. The molecule has 0 saturated carbocycles. The van der Waals surface area contributed by atoms with Gasteiger partial charge in [0.25, 0.3) is 5.69 Å². The summed E-state index contributed by atoms with van der Waals surface area (Å²) >= 11 is 0. The number of pyridine rings is 1. The number of unbranched alkanes of at least 4 members (excludes halogenated alkanes) is 8. The minimum absolute atomic E-state index is 0.0651. The molecule has 1 heterocycles. The molecule has 0 radical (unpaired) electrons. The van der Waals surface area contributed by atoms with Gasteiger partial charge in [0.2, 0.25) is 0 Å². The molecule has 0 bridgehead atoms. The summed E-state index contributed by atoms with van der Waals surface area (Å²) < 4.78 is 11.0. The number of rotatable bonds is 17. The fraction of sp³-hybridized carbons (Fsp3) is 0.375. The van der Waals surface area contributed by atoms with Crippen LogP contribution in [0.4, 0.5) is 5.69 Å². The number of benzene rings is 2. The lowest BCUT2D eigenvalue weighted by Crippen LogP contribution is -2.05. The molecule has 0 N–H and O–H groups in total. The van der Waals surface area contributed by atoms with Crippen LogP contribution in [0.15, 0.2) is 66.7 Å². The van der Waals surface area contributed by atoms with Gasteiger partial charge in [-0.15, -0.1) is 0 Å². The van der Waals surface area contributed by atoms with Crippen molar-refractivity contribution in [1.29, 1.82) is 0 Å². The van der Waals surface area contributed by atoms with Gasteiger partial charge in [-0.05, 0) is 55.7 Å². The van der Waals surface area contributed by atoms with Crippen LogP contribution in [-0.2, 0) is 9.53 Å². The Balaban J connectivity index is 1.25. The zero-order valence-corrected chi connectivity index (χ0v) is 22.8. The van der Waals surface area contributed by atoms with Crippen molar-refractivity contribution in [2.45, 2.75) is 64.7 Å². The van der Waals surface area contributed by atoms with Crippen LogP contribution >= 0.6 is 0 Å². The lowest BCUT2D eigenvalue weighted by Gasteiger charge is -2.07. The molecule has 0 saturated heterocycles. The molecule has 3 aromatic rings. The van der Waals surface area contributed by atoms with Gasteiger partial charge in [-0.2, -0.15) is 0 Å². The highest BCUT2D eigenvalue weighted by Crippen LogP contribution is 2.21. The van der Waals surface area contributed by atoms with Crippen molar-refractivity contribution >= 4 is 34.7 Å². The van der Waals surface area contributed by atoms with Gasteiger partial charge in [0, 0.05) is 23.1 Å². The minimum Gasteiger partial charge on any atom is -0.494 e. The van der Waals surface area contributed by atoms with Gasteiger partial charge in [-0.25, -0.2) is 9.78 Å². The van der Waals surface area contributed by atoms with Gasteiger partial charge in [0.15, 0.2) is 0 Å². The van der Waals surface area contributed by atoms with E-state index in [-0.39, 0.29) is 11.7 Å². The maximum absolute atomic E-state index is 11.3. The Morgan fingerprint density at radius 1 is 0.872 bits per heavy atom. The molecule has 0 fully saturated rings. The molecule has 0 unspecified atom stereocenters. The number of fused-ring (bicyclic) bond motifs is 1. The first-order valence-corrected chi connectivity index (χ1v) is 13.7. The maximum Gasteiger partial charge on any atom is 0.333 e. The number of hydrogen-bond donors (Lipinski definition) is 0. The van der Waals surface area contributed by atoms with E-state index in [1.54, 1.807) is 13.0 Å². The number of nitrogens with zero attached hydrogens (tertiary/aromatic N) is 2. The zero-order chi connectivity index (χ0) is 27.9. The van der Waals surface area contributed by atoms with Gasteiger partial charge in [0.05, 0.1) is 29.3 Å². The molecule has 2 aromatic carbocycles. The van der Waals surface area contributed by atoms with Gasteiger partial charge >= 0.3 is 5.97 Å². The molecule has 0 spiro atoms. The van der Waals surface area contributed by atoms with E-state index in [4.69, 9.17) is 9.47 Å². The molecule has 0 amide bonds. The summed E-state index contributed by atoms with van der Waals surface area (Å²) in [7, 11) is 0. The van der Waals surface area contributed by atoms with Crippen LogP contribution in [0.2, 0.25) is 0 Å². The zero-order valence-electron chi connectivity index (χ0n) is 22.8. The van der Waals surface area contributed by atoms with Gasteiger partial charge < -0.3 is 9.47 Å². The number of aromatic nitrogens is 1. The summed E-state index contributed by atoms with van der Waals surface area (Å²) in [5, 5.41) is 11.7. The number of nitro benzene ring substituents is 1. The third kappa shape index (κ3) is 10.7. The Hall–Kier alpha value is -4.00. The summed E-state index contributed by atoms with van der Waals surface area (Å²) in [4.78, 5) is 26.4. The highest BCUT2D eigenvalue weighted by molar-refractivity contribution is 5.87. The maximum atomic E-state index is 11.3. The highest BCUT2D eigenvalue weighted by Gasteiger charge is 2.06. The molecule has 3 rings (SSSR count). The molecule has 0 aliphatic rings. The largest absolute Gasteiger partial charge is 0.494 e. The standard InChI is InChI=1S/C32H38N2O5/c1-25(2)32(35)39-23-11-9-7-5-3-4-6-8-10-22-38-30-19-13-26(14-20-30)12-16-28-17-15-27-24-29(34(36)37)18-21-31(27)33-28/h12-21,24H,1,3-11,22-23H2,2H3/b16-12+.